The summed E-state index contributed by atoms with van der Waals surface area (Å²) >= 11 is 0. The van der Waals surface area contributed by atoms with E-state index in [0.29, 0.717) is 12.3 Å². The number of hydrogen-bond acceptors (Lipinski definition) is 3. The van der Waals surface area contributed by atoms with Gasteiger partial charge in [-0.05, 0) is 30.7 Å². The van der Waals surface area contributed by atoms with E-state index in [9.17, 15) is 0 Å². The summed E-state index contributed by atoms with van der Waals surface area (Å²) in [6.45, 7) is 2.50. The lowest BCUT2D eigenvalue weighted by molar-refractivity contribution is 0.306. The maximum atomic E-state index is 6.15. The molecule has 2 aromatic carbocycles. The Morgan fingerprint density at radius 1 is 1.00 bits per heavy atom. The predicted molar refractivity (Wildman–Crippen MR) is 89.6 cm³/mol. The number of aromatic nitrogens is 1. The standard InChI is InChI=1S/C19H18N2O/c1-14-7-8-16(12-21-14)18-10-9-17(11-19(18)20)22-13-15-5-3-2-4-6-15/h2-12H,13,20H2,1H3. The lowest BCUT2D eigenvalue weighted by Gasteiger charge is -2.10. The van der Waals surface area contributed by atoms with E-state index in [1.807, 2.05) is 73.8 Å². The van der Waals surface area contributed by atoms with Crippen molar-refractivity contribution in [1.82, 2.24) is 4.98 Å². The number of benzene rings is 2. The van der Waals surface area contributed by atoms with Crippen LogP contribution in [-0.2, 0) is 6.61 Å². The molecule has 1 heterocycles. The van der Waals surface area contributed by atoms with Crippen LogP contribution in [0.5, 0.6) is 5.75 Å². The van der Waals surface area contributed by atoms with Crippen molar-refractivity contribution >= 4 is 5.69 Å². The van der Waals surface area contributed by atoms with Crippen LogP contribution in [0.1, 0.15) is 11.3 Å². The van der Waals surface area contributed by atoms with Crippen molar-refractivity contribution in [2.24, 2.45) is 0 Å². The molecule has 3 heteroatoms. The summed E-state index contributed by atoms with van der Waals surface area (Å²) < 4.78 is 5.79. The van der Waals surface area contributed by atoms with Gasteiger partial charge in [-0.3, -0.25) is 4.98 Å². The topological polar surface area (TPSA) is 48.1 Å². The quantitative estimate of drug-likeness (QED) is 0.732. The molecule has 0 saturated heterocycles. The fraction of sp³-hybridized carbons (Fsp3) is 0.105. The molecule has 0 aliphatic carbocycles. The van der Waals surface area contributed by atoms with Crippen LogP contribution < -0.4 is 10.5 Å². The maximum Gasteiger partial charge on any atom is 0.121 e. The first-order valence-corrected chi connectivity index (χ1v) is 7.21. The van der Waals surface area contributed by atoms with Crippen LogP contribution >= 0.6 is 0 Å². The zero-order valence-electron chi connectivity index (χ0n) is 12.5. The number of nitrogens with zero attached hydrogens (tertiary/aromatic N) is 1. The van der Waals surface area contributed by atoms with Crippen molar-refractivity contribution in [1.29, 1.82) is 0 Å². The predicted octanol–water partition coefficient (Wildman–Crippen LogP) is 4.22. The van der Waals surface area contributed by atoms with Crippen LogP contribution in [0.2, 0.25) is 0 Å². The molecule has 0 aliphatic heterocycles. The number of anilines is 1. The molecule has 2 N–H and O–H groups in total. The van der Waals surface area contributed by atoms with Crippen LogP contribution in [0.4, 0.5) is 5.69 Å². The molecule has 3 aromatic rings. The Hall–Kier alpha value is -2.81. The normalized spacial score (nSPS) is 10.4. The molecule has 3 rings (SSSR count). The third-order valence-electron chi connectivity index (χ3n) is 3.49. The van der Waals surface area contributed by atoms with Crippen LogP contribution in [0.3, 0.4) is 0 Å². The highest BCUT2D eigenvalue weighted by molar-refractivity contribution is 5.76. The highest BCUT2D eigenvalue weighted by Gasteiger charge is 2.05. The Balaban J connectivity index is 1.76. The third-order valence-corrected chi connectivity index (χ3v) is 3.49. The molecule has 0 radical (unpaired) electrons. The largest absolute Gasteiger partial charge is 0.489 e. The Kier molecular flexibility index (Phi) is 4.05. The van der Waals surface area contributed by atoms with Crippen LogP contribution in [0, 0.1) is 6.92 Å². The highest BCUT2D eigenvalue weighted by Crippen LogP contribution is 2.29. The molecule has 0 saturated carbocycles. The van der Waals surface area contributed by atoms with E-state index >= 15 is 0 Å². The molecule has 22 heavy (non-hydrogen) atoms. The lowest BCUT2D eigenvalue weighted by Crippen LogP contribution is -1.97. The summed E-state index contributed by atoms with van der Waals surface area (Å²) in [5, 5.41) is 0. The highest BCUT2D eigenvalue weighted by atomic mass is 16.5. The van der Waals surface area contributed by atoms with Crippen molar-refractivity contribution < 1.29 is 4.74 Å². The summed E-state index contributed by atoms with van der Waals surface area (Å²) in [6, 6.07) is 19.8. The van der Waals surface area contributed by atoms with Gasteiger partial charge in [-0.15, -0.1) is 0 Å². The molecule has 0 amide bonds. The minimum Gasteiger partial charge on any atom is -0.489 e. The monoisotopic (exact) mass is 290 g/mol. The SMILES string of the molecule is Cc1ccc(-c2ccc(OCc3ccccc3)cc2N)cn1. The van der Waals surface area contributed by atoms with Gasteiger partial charge in [0.05, 0.1) is 0 Å². The Labute approximate surface area is 130 Å². The van der Waals surface area contributed by atoms with E-state index in [0.717, 1.165) is 28.1 Å². The van der Waals surface area contributed by atoms with E-state index in [4.69, 9.17) is 10.5 Å². The van der Waals surface area contributed by atoms with Crippen molar-refractivity contribution in [2.45, 2.75) is 13.5 Å². The maximum absolute atomic E-state index is 6.15. The van der Waals surface area contributed by atoms with Gasteiger partial charge in [0.15, 0.2) is 0 Å². The number of nitrogens with two attached hydrogens (primary N) is 1. The van der Waals surface area contributed by atoms with Gasteiger partial charge in [0, 0.05) is 34.8 Å². The summed E-state index contributed by atoms with van der Waals surface area (Å²) in [7, 11) is 0. The van der Waals surface area contributed by atoms with Gasteiger partial charge in [0.25, 0.3) is 0 Å². The first-order chi connectivity index (χ1) is 10.7. The molecule has 3 nitrogen and oxygen atoms in total. The molecule has 0 atom stereocenters. The number of aryl methyl sites for hydroxylation is 1. The molecule has 110 valence electrons. The molecule has 0 spiro atoms. The molecule has 1 aromatic heterocycles. The average molecular weight is 290 g/mol. The van der Waals surface area contributed by atoms with Crippen molar-refractivity contribution in [2.75, 3.05) is 5.73 Å². The van der Waals surface area contributed by atoms with E-state index in [1.54, 1.807) is 0 Å². The summed E-state index contributed by atoms with van der Waals surface area (Å²) in [6.07, 6.45) is 1.84. The van der Waals surface area contributed by atoms with Crippen molar-refractivity contribution in [3.05, 3.63) is 78.1 Å². The number of nitrogen functional groups attached to an aromatic ring is 1. The smallest absolute Gasteiger partial charge is 0.121 e. The minimum atomic E-state index is 0.533. The second kappa shape index (κ2) is 6.31. The number of hydrogen-bond donors (Lipinski definition) is 1. The lowest BCUT2D eigenvalue weighted by atomic mass is 10.1. The summed E-state index contributed by atoms with van der Waals surface area (Å²) in [4.78, 5) is 4.31. The van der Waals surface area contributed by atoms with E-state index in [-0.39, 0.29) is 0 Å². The number of ether oxygens (including phenoxy) is 1. The second-order valence-electron chi connectivity index (χ2n) is 5.21. The Morgan fingerprint density at radius 2 is 1.82 bits per heavy atom. The Morgan fingerprint density at radius 3 is 2.50 bits per heavy atom. The fourth-order valence-corrected chi connectivity index (χ4v) is 2.26. The molecular formula is C19H18N2O. The van der Waals surface area contributed by atoms with Crippen LogP contribution in [0.25, 0.3) is 11.1 Å². The summed E-state index contributed by atoms with van der Waals surface area (Å²) in [5.74, 6) is 0.769. The first kappa shape index (κ1) is 14.1. The number of pyridine rings is 1. The van der Waals surface area contributed by atoms with Gasteiger partial charge in [-0.2, -0.15) is 0 Å². The van der Waals surface area contributed by atoms with Crippen molar-refractivity contribution in [3.8, 4) is 16.9 Å². The molecular weight excluding hydrogens is 272 g/mol. The van der Waals surface area contributed by atoms with Gasteiger partial charge >= 0.3 is 0 Å². The van der Waals surface area contributed by atoms with Crippen LogP contribution in [0.15, 0.2) is 66.9 Å². The van der Waals surface area contributed by atoms with E-state index < -0.39 is 0 Å². The van der Waals surface area contributed by atoms with Gasteiger partial charge in [-0.25, -0.2) is 0 Å². The van der Waals surface area contributed by atoms with E-state index in [2.05, 4.69) is 4.98 Å². The molecule has 0 bridgehead atoms. The Bertz CT molecular complexity index is 752. The van der Waals surface area contributed by atoms with Crippen LogP contribution in [-0.4, -0.2) is 4.98 Å². The van der Waals surface area contributed by atoms with Crippen molar-refractivity contribution in [3.63, 3.8) is 0 Å². The van der Waals surface area contributed by atoms with Gasteiger partial charge in [0.2, 0.25) is 0 Å². The second-order valence-corrected chi connectivity index (χ2v) is 5.21. The zero-order chi connectivity index (χ0) is 15.4. The van der Waals surface area contributed by atoms with Gasteiger partial charge < -0.3 is 10.5 Å². The number of rotatable bonds is 4. The molecule has 0 unspecified atom stereocenters. The summed E-state index contributed by atoms with van der Waals surface area (Å²) in [5.41, 5.74) is 11.0. The van der Waals surface area contributed by atoms with Gasteiger partial charge in [0.1, 0.15) is 12.4 Å². The fourth-order valence-electron chi connectivity index (χ4n) is 2.26. The third kappa shape index (κ3) is 3.26. The zero-order valence-corrected chi connectivity index (χ0v) is 12.5. The van der Waals surface area contributed by atoms with E-state index in [1.165, 1.54) is 0 Å². The molecule has 0 aliphatic rings. The first-order valence-electron chi connectivity index (χ1n) is 7.21. The van der Waals surface area contributed by atoms with Gasteiger partial charge in [-0.1, -0.05) is 36.4 Å². The average Bonchev–Trinajstić information content (AvgIpc) is 2.55. The minimum absolute atomic E-state index is 0.533. The molecule has 0 fully saturated rings.